The molecular formula is C25H44. The van der Waals surface area contributed by atoms with Gasteiger partial charge in [-0.1, -0.05) is 95.2 Å². The zero-order chi connectivity index (χ0) is 19.8. The topological polar surface area (TPSA) is 0 Å². The molecule has 0 saturated heterocycles. The molecule has 0 N–H and O–H groups in total. The summed E-state index contributed by atoms with van der Waals surface area (Å²) in [5.74, 6) is 0. The minimum Gasteiger partial charge on any atom is -0.0646 e. The second-order valence-corrected chi connectivity index (χ2v) is 10.9. The molecule has 0 heterocycles. The van der Waals surface area contributed by atoms with Gasteiger partial charge in [-0.2, -0.15) is 0 Å². The molecule has 1 aromatic rings. The molecule has 0 heteroatoms. The van der Waals surface area contributed by atoms with Gasteiger partial charge in [-0.3, -0.25) is 0 Å². The molecule has 0 nitrogen and oxygen atoms in total. The van der Waals surface area contributed by atoms with Crippen molar-refractivity contribution in [1.82, 2.24) is 0 Å². The molecule has 0 saturated carbocycles. The van der Waals surface area contributed by atoms with Gasteiger partial charge in [-0.15, -0.1) is 0 Å². The van der Waals surface area contributed by atoms with Gasteiger partial charge in [0.2, 0.25) is 0 Å². The molecule has 0 amide bonds. The quantitative estimate of drug-likeness (QED) is 0.507. The van der Waals surface area contributed by atoms with Gasteiger partial charge < -0.3 is 0 Å². The van der Waals surface area contributed by atoms with E-state index in [1.54, 1.807) is 16.7 Å². The maximum atomic E-state index is 2.58. The van der Waals surface area contributed by atoms with Crippen molar-refractivity contribution in [2.24, 2.45) is 0 Å². The van der Waals surface area contributed by atoms with Crippen LogP contribution in [-0.2, 0) is 21.7 Å². The molecule has 0 bridgehead atoms. The largest absolute Gasteiger partial charge is 0.0646 e. The summed E-state index contributed by atoms with van der Waals surface area (Å²) in [6.45, 7) is 28.5. The Morgan fingerprint density at radius 2 is 0.880 bits per heavy atom. The Balaban J connectivity index is 3.99. The van der Waals surface area contributed by atoms with Crippen molar-refractivity contribution in [1.29, 1.82) is 0 Å². The van der Waals surface area contributed by atoms with E-state index >= 15 is 0 Å². The number of hydrogen-bond acceptors (Lipinski definition) is 0. The molecule has 0 spiro atoms. The second kappa shape index (κ2) is 7.09. The molecule has 1 aromatic carbocycles. The third-order valence-electron chi connectivity index (χ3n) is 6.60. The highest BCUT2D eigenvalue weighted by Gasteiger charge is 2.35. The molecule has 0 aliphatic carbocycles. The Hall–Kier alpha value is -0.780. The van der Waals surface area contributed by atoms with E-state index in [1.807, 2.05) is 0 Å². The average Bonchev–Trinajstić information content (AvgIpc) is 2.51. The lowest BCUT2D eigenvalue weighted by atomic mass is 9.65. The van der Waals surface area contributed by atoms with E-state index in [0.717, 1.165) is 6.42 Å². The molecule has 0 unspecified atom stereocenters. The third kappa shape index (κ3) is 4.50. The average molecular weight is 345 g/mol. The van der Waals surface area contributed by atoms with Gasteiger partial charge >= 0.3 is 0 Å². The summed E-state index contributed by atoms with van der Waals surface area (Å²) in [6, 6.07) is 5.16. The molecule has 0 aliphatic heterocycles. The summed E-state index contributed by atoms with van der Waals surface area (Å²) in [7, 11) is 0. The second-order valence-electron chi connectivity index (χ2n) is 10.9. The predicted octanol–water partition coefficient (Wildman–Crippen LogP) is 8.05. The van der Waals surface area contributed by atoms with Crippen LogP contribution < -0.4 is 0 Å². The van der Waals surface area contributed by atoms with Crippen molar-refractivity contribution in [3.63, 3.8) is 0 Å². The fourth-order valence-corrected chi connectivity index (χ4v) is 3.72. The van der Waals surface area contributed by atoms with Crippen LogP contribution in [0.25, 0.3) is 0 Å². The zero-order valence-corrected chi connectivity index (χ0v) is 19.3. The molecule has 0 atom stereocenters. The van der Waals surface area contributed by atoms with E-state index in [0.29, 0.717) is 0 Å². The summed E-state index contributed by atoms with van der Waals surface area (Å²) in [6.07, 6.45) is 3.54. The standard InChI is InChI=1S/C25H44/c1-13-24(10,11)20-16-19(23(7,8)9)21(25(12,14-2)15-3)17-18(20)22(4,5)6/h16-17H,13-15H2,1-12H3. The normalized spacial score (nSPS) is 14.1. The van der Waals surface area contributed by atoms with Gasteiger partial charge in [0.1, 0.15) is 0 Å². The van der Waals surface area contributed by atoms with E-state index < -0.39 is 0 Å². The third-order valence-corrected chi connectivity index (χ3v) is 6.60. The monoisotopic (exact) mass is 344 g/mol. The van der Waals surface area contributed by atoms with Crippen LogP contribution in [0.5, 0.6) is 0 Å². The maximum absolute atomic E-state index is 2.58. The van der Waals surface area contributed by atoms with Crippen molar-refractivity contribution < 1.29 is 0 Å². The van der Waals surface area contributed by atoms with Crippen LogP contribution >= 0.6 is 0 Å². The van der Waals surface area contributed by atoms with Gasteiger partial charge in [0.05, 0.1) is 0 Å². The SMILES string of the molecule is CCC(C)(C)c1cc(C(C)(C)C)c(C(C)(CC)CC)cc1C(C)(C)C. The van der Waals surface area contributed by atoms with Crippen molar-refractivity contribution >= 4 is 0 Å². The smallest absolute Gasteiger partial charge is 0.00774 e. The predicted molar refractivity (Wildman–Crippen MR) is 115 cm³/mol. The first-order chi connectivity index (χ1) is 11.1. The highest BCUT2D eigenvalue weighted by Crippen LogP contribution is 2.45. The lowest BCUT2D eigenvalue weighted by Gasteiger charge is -2.40. The van der Waals surface area contributed by atoms with Crippen molar-refractivity contribution in [2.45, 2.75) is 124 Å². The van der Waals surface area contributed by atoms with Crippen LogP contribution in [0, 0.1) is 0 Å². The highest BCUT2D eigenvalue weighted by atomic mass is 14.4. The molecule has 1 rings (SSSR count). The minimum atomic E-state index is 0.162. The lowest BCUT2D eigenvalue weighted by Crippen LogP contribution is -2.31. The molecular weight excluding hydrogens is 300 g/mol. The maximum Gasteiger partial charge on any atom is -0.00774 e. The van der Waals surface area contributed by atoms with E-state index in [4.69, 9.17) is 0 Å². The Morgan fingerprint density at radius 1 is 0.520 bits per heavy atom. The lowest BCUT2D eigenvalue weighted by molar-refractivity contribution is 0.417. The first-order valence-corrected chi connectivity index (χ1v) is 10.3. The summed E-state index contributed by atoms with van der Waals surface area (Å²) >= 11 is 0. The summed E-state index contributed by atoms with van der Waals surface area (Å²) in [5.41, 5.74) is 6.98. The Bertz CT molecular complexity index is 584. The molecule has 0 radical (unpaired) electrons. The van der Waals surface area contributed by atoms with Gasteiger partial charge in [0, 0.05) is 0 Å². The Kier molecular flexibility index (Phi) is 6.31. The van der Waals surface area contributed by atoms with Crippen LogP contribution in [0.1, 0.15) is 125 Å². The van der Waals surface area contributed by atoms with Gasteiger partial charge in [-0.25, -0.2) is 0 Å². The van der Waals surface area contributed by atoms with Gasteiger partial charge in [-0.05, 0) is 63.2 Å². The van der Waals surface area contributed by atoms with Crippen molar-refractivity contribution in [3.8, 4) is 0 Å². The number of rotatable bonds is 5. The fraction of sp³-hybridized carbons (Fsp3) is 0.760. The molecule has 0 fully saturated rings. The Labute approximate surface area is 158 Å². The fourth-order valence-electron chi connectivity index (χ4n) is 3.72. The van der Waals surface area contributed by atoms with E-state index in [-0.39, 0.29) is 21.7 Å². The molecule has 0 aromatic heterocycles. The first kappa shape index (κ1) is 22.3. The van der Waals surface area contributed by atoms with E-state index in [1.165, 1.54) is 18.4 Å². The first-order valence-electron chi connectivity index (χ1n) is 10.3. The van der Waals surface area contributed by atoms with E-state index in [9.17, 15) is 0 Å². The summed E-state index contributed by atoms with van der Waals surface area (Å²) in [5, 5.41) is 0. The zero-order valence-electron chi connectivity index (χ0n) is 19.3. The van der Waals surface area contributed by atoms with Crippen molar-refractivity contribution in [2.75, 3.05) is 0 Å². The minimum absolute atomic E-state index is 0.162. The molecule has 0 aliphatic rings. The Morgan fingerprint density at radius 3 is 1.20 bits per heavy atom. The number of hydrogen-bond donors (Lipinski definition) is 0. The summed E-state index contributed by atoms with van der Waals surface area (Å²) in [4.78, 5) is 0. The van der Waals surface area contributed by atoms with Crippen LogP contribution in [0.3, 0.4) is 0 Å². The van der Waals surface area contributed by atoms with Crippen LogP contribution in [0.15, 0.2) is 12.1 Å². The molecule has 144 valence electrons. The van der Waals surface area contributed by atoms with Crippen molar-refractivity contribution in [3.05, 3.63) is 34.4 Å². The van der Waals surface area contributed by atoms with Gasteiger partial charge in [0.25, 0.3) is 0 Å². The molecule has 25 heavy (non-hydrogen) atoms. The van der Waals surface area contributed by atoms with Crippen LogP contribution in [-0.4, -0.2) is 0 Å². The van der Waals surface area contributed by atoms with Crippen LogP contribution in [0.4, 0.5) is 0 Å². The summed E-state index contributed by atoms with van der Waals surface area (Å²) < 4.78 is 0. The van der Waals surface area contributed by atoms with Gasteiger partial charge in [0.15, 0.2) is 0 Å². The van der Waals surface area contributed by atoms with E-state index in [2.05, 4.69) is 95.2 Å². The number of benzene rings is 1. The highest BCUT2D eigenvalue weighted by molar-refractivity contribution is 5.50. The van der Waals surface area contributed by atoms with Crippen LogP contribution in [0.2, 0.25) is 0 Å².